The summed E-state index contributed by atoms with van der Waals surface area (Å²) in [5.74, 6) is 0. The summed E-state index contributed by atoms with van der Waals surface area (Å²) in [5.41, 5.74) is 2.67. The van der Waals surface area contributed by atoms with E-state index >= 15 is 0 Å². The molecule has 1 atom stereocenters. The molecule has 0 spiro atoms. The first kappa shape index (κ1) is 15.7. The number of ether oxygens (including phenoxy) is 1. The third-order valence-corrected chi connectivity index (χ3v) is 4.89. The van der Waals surface area contributed by atoms with Crippen molar-refractivity contribution >= 4 is 23.0 Å². The molecule has 2 aliphatic rings. The van der Waals surface area contributed by atoms with Crippen LogP contribution in [0.1, 0.15) is 18.9 Å². The predicted octanol–water partition coefficient (Wildman–Crippen LogP) is 2.03. The molecule has 1 aromatic carbocycles. The van der Waals surface area contributed by atoms with Crippen molar-refractivity contribution in [2.45, 2.75) is 25.8 Å². The SMILES string of the molecule is C[C@@H]1CCc2ccccc2N1C(=S)NCCN1CCOCC1. The Morgan fingerprint density at radius 2 is 2.09 bits per heavy atom. The number of anilines is 1. The highest BCUT2D eigenvalue weighted by atomic mass is 32.1. The van der Waals surface area contributed by atoms with E-state index in [9.17, 15) is 0 Å². The molecule has 1 N–H and O–H groups in total. The minimum absolute atomic E-state index is 0.457. The van der Waals surface area contributed by atoms with Crippen molar-refractivity contribution in [2.24, 2.45) is 0 Å². The first-order valence-corrected chi connectivity index (χ1v) is 8.61. The highest BCUT2D eigenvalue weighted by Gasteiger charge is 2.25. The van der Waals surface area contributed by atoms with Crippen LogP contribution in [0.5, 0.6) is 0 Å². The third-order valence-electron chi connectivity index (χ3n) is 4.55. The van der Waals surface area contributed by atoms with Gasteiger partial charge in [0.05, 0.1) is 13.2 Å². The van der Waals surface area contributed by atoms with E-state index in [0.29, 0.717) is 6.04 Å². The molecule has 2 heterocycles. The molecule has 1 saturated heterocycles. The summed E-state index contributed by atoms with van der Waals surface area (Å²) >= 11 is 5.67. The third kappa shape index (κ3) is 3.59. The zero-order valence-corrected chi connectivity index (χ0v) is 14.1. The molecule has 0 unspecified atom stereocenters. The first-order chi connectivity index (χ1) is 10.8. The van der Waals surface area contributed by atoms with E-state index in [1.54, 1.807) is 0 Å². The summed E-state index contributed by atoms with van der Waals surface area (Å²) in [7, 11) is 0. The largest absolute Gasteiger partial charge is 0.379 e. The maximum Gasteiger partial charge on any atom is 0.173 e. The van der Waals surface area contributed by atoms with E-state index in [4.69, 9.17) is 17.0 Å². The number of morpholine rings is 1. The number of fused-ring (bicyclic) bond motifs is 1. The molecular formula is C17H25N3OS. The van der Waals surface area contributed by atoms with Gasteiger partial charge in [-0.2, -0.15) is 0 Å². The van der Waals surface area contributed by atoms with Crippen LogP contribution in [0.25, 0.3) is 0 Å². The van der Waals surface area contributed by atoms with E-state index in [0.717, 1.165) is 57.3 Å². The zero-order valence-electron chi connectivity index (χ0n) is 13.3. The van der Waals surface area contributed by atoms with Gasteiger partial charge in [0.2, 0.25) is 0 Å². The van der Waals surface area contributed by atoms with Gasteiger partial charge in [0.25, 0.3) is 0 Å². The average Bonchev–Trinajstić information content (AvgIpc) is 2.55. The van der Waals surface area contributed by atoms with Gasteiger partial charge in [0.15, 0.2) is 5.11 Å². The Morgan fingerprint density at radius 3 is 2.91 bits per heavy atom. The van der Waals surface area contributed by atoms with Crippen LogP contribution in [0.3, 0.4) is 0 Å². The number of nitrogens with one attached hydrogen (secondary N) is 1. The number of hydrogen-bond donors (Lipinski definition) is 1. The molecule has 22 heavy (non-hydrogen) atoms. The molecule has 3 rings (SSSR count). The van der Waals surface area contributed by atoms with Crippen LogP contribution in [0.15, 0.2) is 24.3 Å². The second-order valence-corrected chi connectivity index (χ2v) is 6.46. The molecule has 0 amide bonds. The van der Waals surface area contributed by atoms with Crippen molar-refractivity contribution in [3.05, 3.63) is 29.8 Å². The maximum absolute atomic E-state index is 5.67. The quantitative estimate of drug-likeness (QED) is 0.861. The molecule has 5 heteroatoms. The fraction of sp³-hybridized carbons (Fsp3) is 0.588. The van der Waals surface area contributed by atoms with Crippen LogP contribution in [0.2, 0.25) is 0 Å². The monoisotopic (exact) mass is 319 g/mol. The summed E-state index contributed by atoms with van der Waals surface area (Å²) in [5, 5.41) is 4.30. The van der Waals surface area contributed by atoms with E-state index in [1.165, 1.54) is 11.3 Å². The number of aryl methyl sites for hydroxylation is 1. The Kier molecular flexibility index (Phi) is 5.28. The zero-order chi connectivity index (χ0) is 15.4. The van der Waals surface area contributed by atoms with Crippen molar-refractivity contribution in [3.8, 4) is 0 Å². The van der Waals surface area contributed by atoms with Gasteiger partial charge in [-0.1, -0.05) is 18.2 Å². The van der Waals surface area contributed by atoms with E-state index in [-0.39, 0.29) is 0 Å². The predicted molar refractivity (Wildman–Crippen MR) is 94.6 cm³/mol. The molecule has 0 aromatic heterocycles. The average molecular weight is 319 g/mol. The van der Waals surface area contributed by atoms with Gasteiger partial charge in [0, 0.05) is 37.9 Å². The second kappa shape index (κ2) is 7.40. The number of thiocarbonyl (C=S) groups is 1. The summed E-state index contributed by atoms with van der Waals surface area (Å²) in [6, 6.07) is 9.06. The van der Waals surface area contributed by atoms with E-state index in [2.05, 4.69) is 46.3 Å². The lowest BCUT2D eigenvalue weighted by Crippen LogP contribution is -2.49. The van der Waals surface area contributed by atoms with Crippen molar-refractivity contribution < 1.29 is 4.74 Å². The van der Waals surface area contributed by atoms with Crippen molar-refractivity contribution in [3.63, 3.8) is 0 Å². The van der Waals surface area contributed by atoms with Crippen LogP contribution in [0, 0.1) is 0 Å². The number of para-hydroxylation sites is 1. The van der Waals surface area contributed by atoms with Gasteiger partial charge in [-0.05, 0) is 43.6 Å². The minimum Gasteiger partial charge on any atom is -0.379 e. The fourth-order valence-electron chi connectivity index (χ4n) is 3.23. The molecular weight excluding hydrogens is 294 g/mol. The molecule has 4 nitrogen and oxygen atoms in total. The topological polar surface area (TPSA) is 27.7 Å². The van der Waals surface area contributed by atoms with Crippen LogP contribution < -0.4 is 10.2 Å². The number of nitrogens with zero attached hydrogens (tertiary/aromatic N) is 2. The summed E-state index contributed by atoms with van der Waals surface area (Å²) in [6.07, 6.45) is 2.30. The molecule has 1 aromatic rings. The van der Waals surface area contributed by atoms with E-state index < -0.39 is 0 Å². The maximum atomic E-state index is 5.67. The van der Waals surface area contributed by atoms with Crippen LogP contribution in [0.4, 0.5) is 5.69 Å². The van der Waals surface area contributed by atoms with Crippen molar-refractivity contribution in [1.82, 2.24) is 10.2 Å². The molecule has 120 valence electrons. The Labute approximate surface area is 138 Å². The number of benzene rings is 1. The second-order valence-electron chi connectivity index (χ2n) is 6.07. The summed E-state index contributed by atoms with van der Waals surface area (Å²) in [4.78, 5) is 4.71. The van der Waals surface area contributed by atoms with Crippen molar-refractivity contribution in [2.75, 3.05) is 44.3 Å². The molecule has 0 radical (unpaired) electrons. The van der Waals surface area contributed by atoms with Gasteiger partial charge >= 0.3 is 0 Å². The lowest BCUT2D eigenvalue weighted by molar-refractivity contribution is 0.0389. The fourth-order valence-corrected chi connectivity index (χ4v) is 3.61. The van der Waals surface area contributed by atoms with Crippen LogP contribution in [-0.4, -0.2) is 55.4 Å². The minimum atomic E-state index is 0.457. The normalized spacial score (nSPS) is 22.2. The standard InChI is InChI=1S/C17H25N3OS/c1-14-6-7-15-4-2-3-5-16(15)20(14)17(22)18-8-9-19-10-12-21-13-11-19/h2-5,14H,6-13H2,1H3,(H,18,22)/t14-/m1/s1. The van der Waals surface area contributed by atoms with Gasteiger partial charge in [-0.3, -0.25) is 4.90 Å². The molecule has 2 aliphatic heterocycles. The van der Waals surface area contributed by atoms with Gasteiger partial charge in [0.1, 0.15) is 0 Å². The van der Waals surface area contributed by atoms with Gasteiger partial charge in [-0.25, -0.2) is 0 Å². The highest BCUT2D eigenvalue weighted by Crippen LogP contribution is 2.30. The Balaban J connectivity index is 1.57. The lowest BCUT2D eigenvalue weighted by Gasteiger charge is -2.37. The van der Waals surface area contributed by atoms with Crippen LogP contribution in [-0.2, 0) is 11.2 Å². The van der Waals surface area contributed by atoms with Gasteiger partial charge in [-0.15, -0.1) is 0 Å². The number of rotatable bonds is 3. The molecule has 0 saturated carbocycles. The van der Waals surface area contributed by atoms with E-state index in [1.807, 2.05) is 0 Å². The first-order valence-electron chi connectivity index (χ1n) is 8.21. The summed E-state index contributed by atoms with van der Waals surface area (Å²) in [6.45, 7) is 7.92. The molecule has 0 bridgehead atoms. The Bertz CT molecular complexity index is 516. The Hall–Kier alpha value is -1.17. The van der Waals surface area contributed by atoms with Gasteiger partial charge < -0.3 is 15.0 Å². The Morgan fingerprint density at radius 1 is 1.32 bits per heavy atom. The highest BCUT2D eigenvalue weighted by molar-refractivity contribution is 7.80. The molecule has 0 aliphatic carbocycles. The summed E-state index contributed by atoms with van der Waals surface area (Å²) < 4.78 is 5.38. The lowest BCUT2D eigenvalue weighted by atomic mass is 9.97. The van der Waals surface area contributed by atoms with Crippen LogP contribution >= 0.6 is 12.2 Å². The smallest absolute Gasteiger partial charge is 0.173 e. The number of hydrogen-bond acceptors (Lipinski definition) is 3. The molecule has 1 fully saturated rings. The van der Waals surface area contributed by atoms with Crippen molar-refractivity contribution in [1.29, 1.82) is 0 Å².